The molecule has 14 heavy (non-hydrogen) atoms. The molecule has 2 fully saturated rings. The van der Waals surface area contributed by atoms with Gasteiger partial charge in [0.05, 0.1) is 0 Å². The van der Waals surface area contributed by atoms with Crippen molar-refractivity contribution in [2.45, 2.75) is 57.9 Å². The topological polar surface area (TPSA) is 26.0 Å². The quantitative estimate of drug-likeness (QED) is 0.704. The van der Waals surface area contributed by atoms with E-state index in [0.29, 0.717) is 16.2 Å². The summed E-state index contributed by atoms with van der Waals surface area (Å²) in [5.74, 6) is 0.837. The van der Waals surface area contributed by atoms with Gasteiger partial charge in [-0.05, 0) is 49.4 Å². The smallest absolute Gasteiger partial charge is 0.0401 e. The third-order valence-electron chi connectivity index (χ3n) is 5.02. The summed E-state index contributed by atoms with van der Waals surface area (Å²) in [7, 11) is 0. The van der Waals surface area contributed by atoms with Crippen LogP contribution in [0.1, 0.15) is 46.5 Å². The van der Waals surface area contributed by atoms with Crippen molar-refractivity contribution < 1.29 is 0 Å². The maximum absolute atomic E-state index is 6.54. The molecular weight excluding hydrogens is 194 g/mol. The first-order chi connectivity index (χ1) is 6.40. The van der Waals surface area contributed by atoms with Gasteiger partial charge in [-0.15, -0.1) is 11.6 Å². The van der Waals surface area contributed by atoms with Crippen LogP contribution >= 0.6 is 11.6 Å². The van der Waals surface area contributed by atoms with Gasteiger partial charge in [0.1, 0.15) is 0 Å². The van der Waals surface area contributed by atoms with E-state index in [-0.39, 0.29) is 6.04 Å². The van der Waals surface area contributed by atoms with Gasteiger partial charge in [-0.2, -0.15) is 0 Å². The molecule has 0 aromatic heterocycles. The minimum absolute atomic E-state index is 0.285. The van der Waals surface area contributed by atoms with Crippen molar-refractivity contribution in [1.82, 2.24) is 0 Å². The van der Waals surface area contributed by atoms with Crippen molar-refractivity contribution in [2.75, 3.05) is 0 Å². The lowest BCUT2D eigenvalue weighted by atomic mass is 9.66. The summed E-state index contributed by atoms with van der Waals surface area (Å²) in [6, 6.07) is 0.285. The SMILES string of the molecule is CC(N)CC12CCC(CC1Cl)C2(C)C. The number of hydrogen-bond acceptors (Lipinski definition) is 1. The fourth-order valence-corrected chi connectivity index (χ4v) is 4.73. The third kappa shape index (κ3) is 1.18. The summed E-state index contributed by atoms with van der Waals surface area (Å²) in [6.45, 7) is 6.91. The van der Waals surface area contributed by atoms with E-state index in [1.165, 1.54) is 19.3 Å². The number of hydrogen-bond donors (Lipinski definition) is 1. The zero-order chi connectivity index (χ0) is 10.6. The Labute approximate surface area is 92.4 Å². The average molecular weight is 216 g/mol. The monoisotopic (exact) mass is 215 g/mol. The lowest BCUT2D eigenvalue weighted by Crippen LogP contribution is -2.40. The van der Waals surface area contributed by atoms with E-state index in [9.17, 15) is 0 Å². The number of alkyl halides is 1. The van der Waals surface area contributed by atoms with Crippen LogP contribution in [0, 0.1) is 16.7 Å². The molecule has 0 amide bonds. The van der Waals surface area contributed by atoms with Crippen LogP contribution in [0.2, 0.25) is 0 Å². The highest BCUT2D eigenvalue weighted by Gasteiger charge is 2.63. The normalized spacial score (nSPS) is 46.9. The molecule has 0 saturated heterocycles. The van der Waals surface area contributed by atoms with Gasteiger partial charge in [0.15, 0.2) is 0 Å². The predicted molar refractivity (Wildman–Crippen MR) is 61.5 cm³/mol. The van der Waals surface area contributed by atoms with Gasteiger partial charge in [0.2, 0.25) is 0 Å². The van der Waals surface area contributed by atoms with Gasteiger partial charge in [-0.25, -0.2) is 0 Å². The van der Waals surface area contributed by atoms with Crippen LogP contribution in [0.3, 0.4) is 0 Å². The van der Waals surface area contributed by atoms with Crippen LogP contribution in [0.5, 0.6) is 0 Å². The molecule has 4 unspecified atom stereocenters. The standard InChI is InChI=1S/C12H22ClN/c1-8(14)7-12-5-4-9(6-10(12)13)11(12,2)3/h8-10H,4-7,14H2,1-3H3. The Kier molecular flexibility index (Phi) is 2.40. The largest absolute Gasteiger partial charge is 0.328 e. The van der Waals surface area contributed by atoms with Crippen molar-refractivity contribution in [1.29, 1.82) is 0 Å². The van der Waals surface area contributed by atoms with Crippen LogP contribution in [0.4, 0.5) is 0 Å². The van der Waals surface area contributed by atoms with E-state index in [0.717, 1.165) is 12.3 Å². The summed E-state index contributed by atoms with van der Waals surface area (Å²) in [4.78, 5) is 0. The van der Waals surface area contributed by atoms with E-state index in [1.54, 1.807) is 0 Å². The van der Waals surface area contributed by atoms with Crippen molar-refractivity contribution in [3.8, 4) is 0 Å². The Morgan fingerprint density at radius 1 is 1.50 bits per heavy atom. The maximum atomic E-state index is 6.54. The molecule has 2 saturated carbocycles. The second-order valence-corrected chi connectivity index (χ2v) is 6.52. The number of halogens is 1. The van der Waals surface area contributed by atoms with Gasteiger partial charge in [-0.3, -0.25) is 0 Å². The zero-order valence-corrected chi connectivity index (χ0v) is 10.3. The van der Waals surface area contributed by atoms with Gasteiger partial charge >= 0.3 is 0 Å². The molecule has 0 spiro atoms. The molecule has 4 atom stereocenters. The lowest BCUT2D eigenvalue weighted by molar-refractivity contribution is 0.111. The molecular formula is C12H22ClN. The van der Waals surface area contributed by atoms with Crippen LogP contribution < -0.4 is 5.73 Å². The van der Waals surface area contributed by atoms with Crippen LogP contribution in [0.15, 0.2) is 0 Å². The minimum Gasteiger partial charge on any atom is -0.328 e. The number of fused-ring (bicyclic) bond motifs is 2. The molecule has 0 radical (unpaired) electrons. The second-order valence-electron chi connectivity index (χ2n) is 6.00. The first-order valence-corrected chi connectivity index (χ1v) is 6.23. The molecule has 0 aliphatic heterocycles. The Bertz CT molecular complexity index is 236. The van der Waals surface area contributed by atoms with Gasteiger partial charge in [0.25, 0.3) is 0 Å². The molecule has 0 aromatic carbocycles. The molecule has 2 aliphatic rings. The number of rotatable bonds is 2. The second kappa shape index (κ2) is 3.12. The van der Waals surface area contributed by atoms with Crippen molar-refractivity contribution in [2.24, 2.45) is 22.5 Å². The summed E-state index contributed by atoms with van der Waals surface area (Å²) in [5.41, 5.74) is 6.71. The zero-order valence-electron chi connectivity index (χ0n) is 9.52. The van der Waals surface area contributed by atoms with Crippen LogP contribution in [-0.2, 0) is 0 Å². The Balaban J connectivity index is 2.30. The average Bonchev–Trinajstić information content (AvgIpc) is 2.36. The van der Waals surface area contributed by atoms with E-state index in [2.05, 4.69) is 20.8 Å². The molecule has 82 valence electrons. The molecule has 2 aliphatic carbocycles. The summed E-state index contributed by atoms with van der Waals surface area (Å²) >= 11 is 6.54. The molecule has 1 nitrogen and oxygen atoms in total. The summed E-state index contributed by atoms with van der Waals surface area (Å²) in [6.07, 6.45) is 4.97. The van der Waals surface area contributed by atoms with Crippen LogP contribution in [-0.4, -0.2) is 11.4 Å². The van der Waals surface area contributed by atoms with Crippen molar-refractivity contribution in [3.63, 3.8) is 0 Å². The Morgan fingerprint density at radius 3 is 2.50 bits per heavy atom. The Morgan fingerprint density at radius 2 is 2.14 bits per heavy atom. The molecule has 2 heteroatoms. The molecule has 0 aromatic rings. The fraction of sp³-hybridized carbons (Fsp3) is 1.00. The highest BCUT2D eigenvalue weighted by Crippen LogP contribution is 2.68. The van der Waals surface area contributed by atoms with Gasteiger partial charge in [-0.1, -0.05) is 13.8 Å². The van der Waals surface area contributed by atoms with E-state index in [4.69, 9.17) is 17.3 Å². The Hall–Kier alpha value is 0.250. The van der Waals surface area contributed by atoms with Crippen LogP contribution in [0.25, 0.3) is 0 Å². The summed E-state index contributed by atoms with van der Waals surface area (Å²) in [5, 5.41) is 0.363. The minimum atomic E-state index is 0.285. The number of nitrogens with two attached hydrogens (primary N) is 1. The third-order valence-corrected chi connectivity index (χ3v) is 5.62. The molecule has 0 heterocycles. The van der Waals surface area contributed by atoms with Gasteiger partial charge in [0, 0.05) is 11.4 Å². The first kappa shape index (κ1) is 10.8. The van der Waals surface area contributed by atoms with Crippen molar-refractivity contribution in [3.05, 3.63) is 0 Å². The maximum Gasteiger partial charge on any atom is 0.0401 e. The lowest BCUT2D eigenvalue weighted by Gasteiger charge is -2.41. The van der Waals surface area contributed by atoms with Gasteiger partial charge < -0.3 is 5.73 Å². The molecule has 2 N–H and O–H groups in total. The summed E-state index contributed by atoms with van der Waals surface area (Å²) < 4.78 is 0. The molecule has 2 bridgehead atoms. The predicted octanol–water partition coefficient (Wildman–Crippen LogP) is 3.16. The highest BCUT2D eigenvalue weighted by atomic mass is 35.5. The van der Waals surface area contributed by atoms with E-state index in [1.807, 2.05) is 0 Å². The highest BCUT2D eigenvalue weighted by molar-refractivity contribution is 6.21. The molecule has 2 rings (SSSR count). The fourth-order valence-electron chi connectivity index (χ4n) is 4.04. The first-order valence-electron chi connectivity index (χ1n) is 5.80. The van der Waals surface area contributed by atoms with Crippen molar-refractivity contribution >= 4 is 11.6 Å². The van der Waals surface area contributed by atoms with E-state index >= 15 is 0 Å². The van der Waals surface area contributed by atoms with E-state index < -0.39 is 0 Å².